The molecule has 2 N–H and O–H groups in total. The van der Waals surface area contributed by atoms with Gasteiger partial charge in [-0.15, -0.1) is 12.4 Å². The third-order valence-electron chi connectivity index (χ3n) is 5.66. The number of carbonyl (C=O) groups excluding carboxylic acids is 1. The molecule has 0 radical (unpaired) electrons. The number of carbonyl (C=O) groups is 1. The van der Waals surface area contributed by atoms with Gasteiger partial charge < -0.3 is 10.6 Å². The number of nitrogens with zero attached hydrogens (tertiary/aromatic N) is 2. The smallest absolute Gasteiger partial charge is 0.223 e. The van der Waals surface area contributed by atoms with Crippen molar-refractivity contribution in [2.45, 2.75) is 52.5 Å². The zero-order valence-corrected chi connectivity index (χ0v) is 15.4. The summed E-state index contributed by atoms with van der Waals surface area (Å²) in [6, 6.07) is 0.161. The Kier molecular flexibility index (Phi) is 5.41. The molecule has 2 unspecified atom stereocenters. The highest BCUT2D eigenvalue weighted by molar-refractivity contribution is 5.85. The molecule has 3 rings (SSSR count). The summed E-state index contributed by atoms with van der Waals surface area (Å²) >= 11 is 0. The molecule has 2 heterocycles. The van der Waals surface area contributed by atoms with Crippen molar-refractivity contribution in [3.8, 4) is 0 Å². The minimum Gasteiger partial charge on any atom is -0.353 e. The lowest BCUT2D eigenvalue weighted by atomic mass is 9.91. The van der Waals surface area contributed by atoms with Gasteiger partial charge in [0.25, 0.3) is 0 Å². The summed E-state index contributed by atoms with van der Waals surface area (Å²) in [6.07, 6.45) is 4.25. The van der Waals surface area contributed by atoms with Crippen LogP contribution in [0.1, 0.15) is 43.1 Å². The van der Waals surface area contributed by atoms with Crippen LogP contribution in [-0.2, 0) is 18.3 Å². The van der Waals surface area contributed by atoms with E-state index >= 15 is 0 Å². The SMILES string of the molecule is Cc1nn(C)c(C)c1CC(C)NC(=O)C1CC12CCNCC2.Cl. The van der Waals surface area contributed by atoms with Crippen LogP contribution in [0, 0.1) is 25.2 Å². The number of halogens is 1. The maximum Gasteiger partial charge on any atom is 0.223 e. The largest absolute Gasteiger partial charge is 0.353 e. The fourth-order valence-electron chi connectivity index (χ4n) is 4.01. The molecule has 1 aromatic heterocycles. The van der Waals surface area contributed by atoms with E-state index in [1.807, 2.05) is 18.7 Å². The number of piperidine rings is 1. The zero-order chi connectivity index (χ0) is 15.9. The van der Waals surface area contributed by atoms with E-state index in [2.05, 4.69) is 29.6 Å². The molecule has 0 aromatic carbocycles. The molecule has 2 aliphatic rings. The molecule has 1 aliphatic carbocycles. The first kappa shape index (κ1) is 18.3. The Labute approximate surface area is 145 Å². The topological polar surface area (TPSA) is 59.0 Å². The molecule has 1 aromatic rings. The molecule has 1 spiro atoms. The zero-order valence-electron chi connectivity index (χ0n) is 14.6. The molecule has 1 aliphatic heterocycles. The van der Waals surface area contributed by atoms with Crippen LogP contribution in [-0.4, -0.2) is 34.8 Å². The summed E-state index contributed by atoms with van der Waals surface area (Å²) in [4.78, 5) is 12.5. The van der Waals surface area contributed by atoms with Gasteiger partial charge in [0, 0.05) is 24.7 Å². The van der Waals surface area contributed by atoms with E-state index in [-0.39, 0.29) is 30.3 Å². The van der Waals surface area contributed by atoms with Crippen molar-refractivity contribution in [2.24, 2.45) is 18.4 Å². The second-order valence-electron chi connectivity index (χ2n) is 7.26. The van der Waals surface area contributed by atoms with Crippen molar-refractivity contribution in [3.63, 3.8) is 0 Å². The molecule has 2 atom stereocenters. The summed E-state index contributed by atoms with van der Waals surface area (Å²) in [5, 5.41) is 11.1. The quantitative estimate of drug-likeness (QED) is 0.880. The number of hydrogen-bond acceptors (Lipinski definition) is 3. The highest BCUT2D eigenvalue weighted by Crippen LogP contribution is 2.58. The number of aromatic nitrogens is 2. The van der Waals surface area contributed by atoms with Gasteiger partial charge in [0.2, 0.25) is 5.91 Å². The predicted molar refractivity (Wildman–Crippen MR) is 93.9 cm³/mol. The summed E-state index contributed by atoms with van der Waals surface area (Å²) < 4.78 is 1.92. The van der Waals surface area contributed by atoms with Gasteiger partial charge in [0.15, 0.2) is 0 Å². The average Bonchev–Trinajstić information content (AvgIpc) is 3.11. The lowest BCUT2D eigenvalue weighted by Crippen LogP contribution is -2.38. The number of nitrogens with one attached hydrogen (secondary N) is 2. The summed E-state index contributed by atoms with van der Waals surface area (Å²) in [6.45, 7) is 8.36. The summed E-state index contributed by atoms with van der Waals surface area (Å²) in [5.41, 5.74) is 3.85. The maximum atomic E-state index is 12.5. The Morgan fingerprint density at radius 2 is 2.09 bits per heavy atom. The van der Waals surface area contributed by atoms with Gasteiger partial charge in [0.05, 0.1) is 5.69 Å². The van der Waals surface area contributed by atoms with Crippen LogP contribution in [0.3, 0.4) is 0 Å². The van der Waals surface area contributed by atoms with Gasteiger partial charge in [-0.25, -0.2) is 0 Å². The highest BCUT2D eigenvalue weighted by Gasteiger charge is 2.57. The summed E-state index contributed by atoms with van der Waals surface area (Å²) in [5.74, 6) is 0.502. The standard InChI is InChI=1S/C17H28N4O.ClH/c1-11(9-14-12(2)20-21(4)13(14)3)19-16(22)15-10-17(15)5-7-18-8-6-17;/h11,15,18H,5-10H2,1-4H3,(H,19,22);1H. The van der Waals surface area contributed by atoms with Gasteiger partial charge in [-0.3, -0.25) is 9.48 Å². The fourth-order valence-corrected chi connectivity index (χ4v) is 4.01. The minimum atomic E-state index is 0. The first-order valence-corrected chi connectivity index (χ1v) is 8.43. The van der Waals surface area contributed by atoms with Gasteiger partial charge in [0.1, 0.15) is 0 Å². The van der Waals surface area contributed by atoms with Crippen molar-refractivity contribution in [1.82, 2.24) is 20.4 Å². The Morgan fingerprint density at radius 3 is 2.65 bits per heavy atom. The Morgan fingerprint density at radius 1 is 1.43 bits per heavy atom. The van der Waals surface area contributed by atoms with E-state index in [1.165, 1.54) is 11.3 Å². The Hall–Kier alpha value is -1.07. The Balaban J connectivity index is 0.00000192. The van der Waals surface area contributed by atoms with E-state index in [0.717, 1.165) is 44.5 Å². The second-order valence-corrected chi connectivity index (χ2v) is 7.26. The van der Waals surface area contributed by atoms with Gasteiger partial charge in [-0.1, -0.05) is 0 Å². The third kappa shape index (κ3) is 3.56. The van der Waals surface area contributed by atoms with Crippen LogP contribution in [0.2, 0.25) is 0 Å². The lowest BCUT2D eigenvalue weighted by molar-refractivity contribution is -0.123. The molecule has 5 nitrogen and oxygen atoms in total. The molecule has 1 saturated heterocycles. The highest BCUT2D eigenvalue weighted by atomic mass is 35.5. The second kappa shape index (κ2) is 6.81. The van der Waals surface area contributed by atoms with Crippen LogP contribution in [0.25, 0.3) is 0 Å². The molecular formula is C17H29ClN4O. The predicted octanol–water partition coefficient (Wildman–Crippen LogP) is 1.90. The number of rotatable bonds is 4. The van der Waals surface area contributed by atoms with Crippen molar-refractivity contribution >= 4 is 18.3 Å². The average molecular weight is 341 g/mol. The Bertz CT molecular complexity index is 577. The molecule has 130 valence electrons. The molecule has 1 saturated carbocycles. The number of amides is 1. The van der Waals surface area contributed by atoms with Gasteiger partial charge >= 0.3 is 0 Å². The van der Waals surface area contributed by atoms with Gasteiger partial charge in [-0.05, 0) is 70.5 Å². The van der Waals surface area contributed by atoms with Crippen LogP contribution in [0.5, 0.6) is 0 Å². The van der Waals surface area contributed by atoms with E-state index in [1.54, 1.807) is 0 Å². The minimum absolute atomic E-state index is 0. The van der Waals surface area contributed by atoms with Crippen molar-refractivity contribution in [1.29, 1.82) is 0 Å². The monoisotopic (exact) mass is 340 g/mol. The first-order valence-electron chi connectivity index (χ1n) is 8.43. The van der Waals surface area contributed by atoms with E-state index in [0.29, 0.717) is 5.41 Å². The van der Waals surface area contributed by atoms with Crippen LogP contribution in [0.4, 0.5) is 0 Å². The molecule has 23 heavy (non-hydrogen) atoms. The van der Waals surface area contributed by atoms with Crippen LogP contribution < -0.4 is 10.6 Å². The van der Waals surface area contributed by atoms with E-state index in [9.17, 15) is 4.79 Å². The molecule has 1 amide bonds. The fraction of sp³-hybridized carbons (Fsp3) is 0.765. The number of aryl methyl sites for hydroxylation is 2. The van der Waals surface area contributed by atoms with Crippen LogP contribution >= 0.6 is 12.4 Å². The van der Waals surface area contributed by atoms with Crippen molar-refractivity contribution < 1.29 is 4.79 Å². The molecule has 2 fully saturated rings. The molecule has 0 bridgehead atoms. The lowest BCUT2D eigenvalue weighted by Gasteiger charge is -2.23. The normalized spacial score (nSPS) is 23.2. The van der Waals surface area contributed by atoms with Crippen molar-refractivity contribution in [2.75, 3.05) is 13.1 Å². The maximum absolute atomic E-state index is 12.5. The van der Waals surface area contributed by atoms with E-state index in [4.69, 9.17) is 0 Å². The molecular weight excluding hydrogens is 312 g/mol. The van der Waals surface area contributed by atoms with E-state index < -0.39 is 0 Å². The molecule has 6 heteroatoms. The summed E-state index contributed by atoms with van der Waals surface area (Å²) in [7, 11) is 1.97. The number of hydrogen-bond donors (Lipinski definition) is 2. The third-order valence-corrected chi connectivity index (χ3v) is 5.66. The van der Waals surface area contributed by atoms with Crippen molar-refractivity contribution in [3.05, 3.63) is 17.0 Å². The van der Waals surface area contributed by atoms with Gasteiger partial charge in [-0.2, -0.15) is 5.10 Å². The van der Waals surface area contributed by atoms with Crippen LogP contribution in [0.15, 0.2) is 0 Å². The first-order chi connectivity index (χ1) is 10.4.